The molecule has 29 heavy (non-hydrogen) atoms. The van der Waals surface area contributed by atoms with Crippen molar-refractivity contribution in [3.63, 3.8) is 0 Å². The summed E-state index contributed by atoms with van der Waals surface area (Å²) in [6.07, 6.45) is 2.06. The van der Waals surface area contributed by atoms with Crippen LogP contribution >= 0.6 is 25.3 Å². The number of carbonyl (C=O) groups is 2. The molecule has 2 aromatic rings. The Morgan fingerprint density at radius 1 is 1.03 bits per heavy atom. The van der Waals surface area contributed by atoms with Crippen molar-refractivity contribution in [2.75, 3.05) is 5.75 Å². The van der Waals surface area contributed by atoms with Gasteiger partial charge < -0.3 is 10.1 Å². The fourth-order valence-corrected chi connectivity index (χ4v) is 3.66. The van der Waals surface area contributed by atoms with Crippen molar-refractivity contribution in [2.24, 2.45) is 0 Å². The van der Waals surface area contributed by atoms with Gasteiger partial charge in [0.15, 0.2) is 0 Å². The molecule has 0 aliphatic heterocycles. The normalized spacial score (nSPS) is 13.9. The minimum atomic E-state index is -0.860. The predicted octanol–water partition coefficient (Wildman–Crippen LogP) is 4.25. The van der Waals surface area contributed by atoms with Gasteiger partial charge in [0.25, 0.3) is 0 Å². The molecule has 0 saturated carbocycles. The number of thiol groups is 2. The van der Waals surface area contributed by atoms with Crippen molar-refractivity contribution in [3.05, 3.63) is 71.8 Å². The Labute approximate surface area is 184 Å². The molecule has 156 valence electrons. The monoisotopic (exact) mass is 431 g/mol. The van der Waals surface area contributed by atoms with E-state index in [2.05, 4.69) is 30.6 Å². The van der Waals surface area contributed by atoms with Crippen molar-refractivity contribution in [1.82, 2.24) is 5.32 Å². The van der Waals surface area contributed by atoms with Gasteiger partial charge in [-0.1, -0.05) is 74.0 Å². The van der Waals surface area contributed by atoms with E-state index in [-0.39, 0.29) is 30.9 Å². The first-order valence-corrected chi connectivity index (χ1v) is 10.9. The number of amides is 1. The lowest BCUT2D eigenvalue weighted by atomic mass is 10.00. The highest BCUT2D eigenvalue weighted by Gasteiger charge is 2.34. The number of hydrogen-bond acceptors (Lipinski definition) is 5. The summed E-state index contributed by atoms with van der Waals surface area (Å²) in [4.78, 5) is 25.3. The first kappa shape index (κ1) is 23.4. The van der Waals surface area contributed by atoms with Crippen LogP contribution in [0.25, 0.3) is 0 Å². The summed E-state index contributed by atoms with van der Waals surface area (Å²) in [6.45, 7) is 2.22. The number of rotatable bonds is 11. The first-order valence-electron chi connectivity index (χ1n) is 9.84. The highest BCUT2D eigenvalue weighted by atomic mass is 32.1. The van der Waals surface area contributed by atoms with E-state index in [9.17, 15) is 9.59 Å². The molecule has 1 N–H and O–H groups in total. The predicted molar refractivity (Wildman–Crippen MR) is 123 cm³/mol. The molecule has 0 bridgehead atoms. The number of hydrogen-bond donors (Lipinski definition) is 3. The average molecular weight is 432 g/mol. The van der Waals surface area contributed by atoms with Crippen LogP contribution in [0.3, 0.4) is 0 Å². The van der Waals surface area contributed by atoms with Gasteiger partial charge in [-0.05, 0) is 24.0 Å². The van der Waals surface area contributed by atoms with E-state index in [1.165, 1.54) is 0 Å². The van der Waals surface area contributed by atoms with Crippen LogP contribution in [0.2, 0.25) is 0 Å². The molecule has 4 nitrogen and oxygen atoms in total. The summed E-state index contributed by atoms with van der Waals surface area (Å²) in [7, 11) is 0. The molecule has 0 aromatic heterocycles. The Balaban J connectivity index is 2.03. The molecule has 0 spiro atoms. The van der Waals surface area contributed by atoms with Gasteiger partial charge in [-0.15, -0.1) is 0 Å². The van der Waals surface area contributed by atoms with Gasteiger partial charge in [-0.25, -0.2) is 0 Å². The topological polar surface area (TPSA) is 55.4 Å². The van der Waals surface area contributed by atoms with E-state index in [1.807, 2.05) is 67.6 Å². The van der Waals surface area contributed by atoms with Crippen molar-refractivity contribution in [2.45, 2.75) is 50.0 Å². The Morgan fingerprint density at radius 3 is 2.17 bits per heavy atom. The van der Waals surface area contributed by atoms with Crippen molar-refractivity contribution < 1.29 is 14.3 Å². The minimum Gasteiger partial charge on any atom is -0.461 e. The van der Waals surface area contributed by atoms with Crippen LogP contribution in [0.5, 0.6) is 0 Å². The van der Waals surface area contributed by atoms with Crippen LogP contribution < -0.4 is 5.32 Å². The lowest BCUT2D eigenvalue weighted by molar-refractivity contribution is -0.145. The number of nitrogens with one attached hydrogen (secondary N) is 1. The zero-order chi connectivity index (χ0) is 21.1. The van der Waals surface area contributed by atoms with Crippen molar-refractivity contribution in [1.29, 1.82) is 0 Å². The third-order valence-corrected chi connectivity index (χ3v) is 6.04. The van der Waals surface area contributed by atoms with Gasteiger partial charge in [0.05, 0.1) is 6.42 Å². The fraction of sp³-hybridized carbons (Fsp3) is 0.391. The number of esters is 1. The molecule has 0 heterocycles. The summed E-state index contributed by atoms with van der Waals surface area (Å²) in [5.41, 5.74) is 1.97. The molecular weight excluding hydrogens is 402 g/mol. The number of carbonyl (C=O) groups excluding carboxylic acids is 2. The molecule has 2 unspecified atom stereocenters. The van der Waals surface area contributed by atoms with E-state index < -0.39 is 4.75 Å². The van der Waals surface area contributed by atoms with Gasteiger partial charge in [0, 0.05) is 11.8 Å². The van der Waals surface area contributed by atoms with E-state index in [1.54, 1.807) is 0 Å². The summed E-state index contributed by atoms with van der Waals surface area (Å²) in [5, 5.41) is 3.01. The molecule has 1 amide bonds. The summed E-state index contributed by atoms with van der Waals surface area (Å²) < 4.78 is 4.55. The van der Waals surface area contributed by atoms with Crippen molar-refractivity contribution in [3.8, 4) is 0 Å². The molecule has 0 radical (unpaired) electrons. The van der Waals surface area contributed by atoms with Crippen molar-refractivity contribution >= 4 is 37.1 Å². The maximum Gasteiger partial charge on any atom is 0.308 e. The van der Waals surface area contributed by atoms with Crippen LogP contribution in [0.15, 0.2) is 60.7 Å². The fourth-order valence-electron chi connectivity index (χ4n) is 3.07. The Morgan fingerprint density at radius 2 is 1.62 bits per heavy atom. The second kappa shape index (κ2) is 11.9. The smallest absolute Gasteiger partial charge is 0.308 e. The molecular formula is C23H29NO3S2. The van der Waals surface area contributed by atoms with Crippen LogP contribution in [-0.4, -0.2) is 28.4 Å². The Bertz CT molecular complexity index is 770. The third kappa shape index (κ3) is 7.78. The van der Waals surface area contributed by atoms with E-state index in [0.29, 0.717) is 18.6 Å². The second-order valence-corrected chi connectivity index (χ2v) is 8.32. The van der Waals surface area contributed by atoms with Crippen LogP contribution in [0, 0.1) is 0 Å². The standard InChI is InChI=1S/C23H29NO3S2/c1-2-13-23(29,17-28)22(26)24-20(14-18-9-5-3-6-10-18)15-21(25)27-16-19-11-7-4-8-12-19/h3-12,20,28-29H,2,13-17H2,1H3,(H,24,26). The zero-order valence-corrected chi connectivity index (χ0v) is 18.5. The summed E-state index contributed by atoms with van der Waals surface area (Å²) >= 11 is 8.88. The number of ether oxygens (including phenoxy) is 1. The first-order chi connectivity index (χ1) is 14.0. The lowest BCUT2D eigenvalue weighted by Gasteiger charge is -2.28. The average Bonchev–Trinajstić information content (AvgIpc) is 2.73. The van der Waals surface area contributed by atoms with Gasteiger partial charge in [-0.2, -0.15) is 25.3 Å². The third-order valence-electron chi connectivity index (χ3n) is 4.66. The van der Waals surface area contributed by atoms with Gasteiger partial charge in [-0.3, -0.25) is 9.59 Å². The molecule has 0 aliphatic carbocycles. The quantitative estimate of drug-likeness (QED) is 0.368. The maximum atomic E-state index is 12.9. The van der Waals surface area contributed by atoms with Gasteiger partial charge in [0.1, 0.15) is 11.4 Å². The Kier molecular flexibility index (Phi) is 9.61. The largest absolute Gasteiger partial charge is 0.461 e. The molecule has 0 fully saturated rings. The van der Waals surface area contributed by atoms with Gasteiger partial charge >= 0.3 is 5.97 Å². The SMILES string of the molecule is CCCC(S)(CS)C(=O)NC(CC(=O)OCc1ccccc1)Cc1ccccc1. The molecule has 2 atom stereocenters. The maximum absolute atomic E-state index is 12.9. The van der Waals surface area contributed by atoms with Crippen LogP contribution in [0.4, 0.5) is 0 Å². The van der Waals surface area contributed by atoms with E-state index in [4.69, 9.17) is 4.74 Å². The summed E-state index contributed by atoms with van der Waals surface area (Å²) in [6, 6.07) is 18.9. The van der Waals surface area contributed by atoms with E-state index in [0.717, 1.165) is 17.5 Å². The van der Waals surface area contributed by atoms with E-state index >= 15 is 0 Å². The molecule has 0 aliphatic rings. The zero-order valence-electron chi connectivity index (χ0n) is 16.7. The molecule has 0 saturated heterocycles. The lowest BCUT2D eigenvalue weighted by Crippen LogP contribution is -2.49. The second-order valence-electron chi connectivity index (χ2n) is 7.15. The molecule has 6 heteroatoms. The van der Waals surface area contributed by atoms with Gasteiger partial charge in [0.2, 0.25) is 5.91 Å². The molecule has 2 rings (SSSR count). The number of benzene rings is 2. The van der Waals surface area contributed by atoms with Crippen LogP contribution in [-0.2, 0) is 27.4 Å². The van der Waals surface area contributed by atoms with Crippen LogP contribution in [0.1, 0.15) is 37.3 Å². The Hall–Kier alpha value is -1.92. The minimum absolute atomic E-state index is 0.0933. The molecule has 2 aromatic carbocycles. The highest BCUT2D eigenvalue weighted by Crippen LogP contribution is 2.24. The highest BCUT2D eigenvalue weighted by molar-refractivity contribution is 7.86. The summed E-state index contributed by atoms with van der Waals surface area (Å²) in [5.74, 6) is -0.220.